The minimum atomic E-state index is -0.0377. The Labute approximate surface area is 262 Å². The van der Waals surface area contributed by atoms with E-state index in [0.717, 1.165) is 39.0 Å². The van der Waals surface area contributed by atoms with Gasteiger partial charge in [-0.3, -0.25) is 0 Å². The van der Waals surface area contributed by atoms with E-state index in [1.807, 2.05) is 0 Å². The van der Waals surface area contributed by atoms with Crippen molar-refractivity contribution in [3.63, 3.8) is 0 Å². The molecule has 0 spiro atoms. The molecule has 2 nitrogen and oxygen atoms in total. The topological polar surface area (TPSA) is 16.4 Å². The SMILES string of the molecule is CC1(C)c2ccccc2-c2cc(N(c3ccc(-c4ccccc4)cc3)c3ccc4oc5cc6ccccc6cc5c4c3)ccc21. The third kappa shape index (κ3) is 4.03. The number of hydrogen-bond donors (Lipinski definition) is 0. The van der Waals surface area contributed by atoms with Crippen LogP contribution in [0, 0.1) is 0 Å². The summed E-state index contributed by atoms with van der Waals surface area (Å²) in [7, 11) is 0. The predicted octanol–water partition coefficient (Wildman–Crippen LogP) is 12.2. The van der Waals surface area contributed by atoms with Crippen molar-refractivity contribution in [2.75, 3.05) is 4.90 Å². The highest BCUT2D eigenvalue weighted by molar-refractivity contribution is 6.11. The van der Waals surface area contributed by atoms with Crippen molar-refractivity contribution < 1.29 is 4.42 Å². The molecule has 1 aliphatic rings. The molecule has 7 aromatic carbocycles. The van der Waals surface area contributed by atoms with Crippen molar-refractivity contribution in [2.45, 2.75) is 19.3 Å². The van der Waals surface area contributed by atoms with Crippen LogP contribution in [0.4, 0.5) is 17.1 Å². The Balaban J connectivity index is 1.24. The smallest absolute Gasteiger partial charge is 0.136 e. The molecule has 0 N–H and O–H groups in total. The molecule has 45 heavy (non-hydrogen) atoms. The maximum Gasteiger partial charge on any atom is 0.136 e. The first kappa shape index (κ1) is 25.9. The van der Waals surface area contributed by atoms with Gasteiger partial charge >= 0.3 is 0 Å². The van der Waals surface area contributed by atoms with Gasteiger partial charge in [-0.15, -0.1) is 0 Å². The first-order valence-corrected chi connectivity index (χ1v) is 15.6. The maximum absolute atomic E-state index is 6.38. The Hall–Kier alpha value is -5.60. The van der Waals surface area contributed by atoms with Gasteiger partial charge in [0.25, 0.3) is 0 Å². The first-order valence-electron chi connectivity index (χ1n) is 15.6. The van der Waals surface area contributed by atoms with Crippen LogP contribution in [0.25, 0.3) is 55.0 Å². The third-order valence-electron chi connectivity index (χ3n) is 9.64. The molecule has 214 valence electrons. The summed E-state index contributed by atoms with van der Waals surface area (Å²) in [5.74, 6) is 0. The van der Waals surface area contributed by atoms with Gasteiger partial charge < -0.3 is 9.32 Å². The summed E-state index contributed by atoms with van der Waals surface area (Å²) in [5.41, 5.74) is 12.9. The lowest BCUT2D eigenvalue weighted by atomic mass is 9.82. The van der Waals surface area contributed by atoms with E-state index in [9.17, 15) is 0 Å². The Morgan fingerprint density at radius 1 is 0.444 bits per heavy atom. The Kier molecular flexibility index (Phi) is 5.58. The van der Waals surface area contributed by atoms with E-state index >= 15 is 0 Å². The molecule has 0 saturated carbocycles. The van der Waals surface area contributed by atoms with Crippen LogP contribution in [0.1, 0.15) is 25.0 Å². The molecule has 1 aromatic heterocycles. The molecule has 0 radical (unpaired) electrons. The highest BCUT2D eigenvalue weighted by atomic mass is 16.3. The summed E-state index contributed by atoms with van der Waals surface area (Å²) in [4.78, 5) is 2.38. The molecule has 0 saturated heterocycles. The number of fused-ring (bicyclic) bond motifs is 7. The van der Waals surface area contributed by atoms with E-state index in [0.29, 0.717) is 0 Å². The quantitative estimate of drug-likeness (QED) is 0.207. The van der Waals surface area contributed by atoms with Crippen LogP contribution in [0.15, 0.2) is 156 Å². The zero-order valence-corrected chi connectivity index (χ0v) is 25.3. The number of nitrogens with zero attached hydrogens (tertiary/aromatic N) is 1. The lowest BCUT2D eigenvalue weighted by Gasteiger charge is -2.27. The van der Waals surface area contributed by atoms with Crippen LogP contribution < -0.4 is 4.90 Å². The predicted molar refractivity (Wildman–Crippen MR) is 189 cm³/mol. The van der Waals surface area contributed by atoms with E-state index in [-0.39, 0.29) is 5.41 Å². The fraction of sp³-hybridized carbons (Fsp3) is 0.0698. The van der Waals surface area contributed by atoms with Crippen molar-refractivity contribution in [2.24, 2.45) is 0 Å². The fourth-order valence-electron chi connectivity index (χ4n) is 7.32. The lowest BCUT2D eigenvalue weighted by molar-refractivity contribution is 0.660. The zero-order valence-electron chi connectivity index (χ0n) is 25.3. The van der Waals surface area contributed by atoms with Crippen molar-refractivity contribution >= 4 is 49.8 Å². The lowest BCUT2D eigenvalue weighted by Crippen LogP contribution is -2.15. The molecule has 0 amide bonds. The molecule has 0 fully saturated rings. The molecule has 8 aromatic rings. The highest BCUT2D eigenvalue weighted by Gasteiger charge is 2.35. The van der Waals surface area contributed by atoms with Gasteiger partial charge in [-0.25, -0.2) is 0 Å². The van der Waals surface area contributed by atoms with Gasteiger partial charge in [0, 0.05) is 33.2 Å². The van der Waals surface area contributed by atoms with Crippen LogP contribution in [0.2, 0.25) is 0 Å². The summed E-state index contributed by atoms with van der Waals surface area (Å²) in [5, 5.41) is 4.65. The molecular formula is C43H31NO. The fourth-order valence-corrected chi connectivity index (χ4v) is 7.32. The number of furan rings is 1. The Morgan fingerprint density at radius 3 is 1.87 bits per heavy atom. The number of anilines is 3. The van der Waals surface area contributed by atoms with Gasteiger partial charge in [-0.2, -0.15) is 0 Å². The van der Waals surface area contributed by atoms with Crippen molar-refractivity contribution in [1.82, 2.24) is 0 Å². The Morgan fingerprint density at radius 2 is 1.04 bits per heavy atom. The van der Waals surface area contributed by atoms with E-state index in [4.69, 9.17) is 4.42 Å². The third-order valence-corrected chi connectivity index (χ3v) is 9.64. The normalized spacial score (nSPS) is 13.3. The first-order chi connectivity index (χ1) is 22.0. The van der Waals surface area contributed by atoms with Gasteiger partial charge in [0.15, 0.2) is 0 Å². The second-order valence-corrected chi connectivity index (χ2v) is 12.6. The molecular weight excluding hydrogens is 546 g/mol. The summed E-state index contributed by atoms with van der Waals surface area (Å²) in [6, 6.07) is 54.8. The number of hydrogen-bond acceptors (Lipinski definition) is 2. The van der Waals surface area contributed by atoms with E-state index in [2.05, 4.69) is 170 Å². The second-order valence-electron chi connectivity index (χ2n) is 12.6. The van der Waals surface area contributed by atoms with E-state index in [1.54, 1.807) is 0 Å². The molecule has 2 heteroatoms. The van der Waals surface area contributed by atoms with E-state index in [1.165, 1.54) is 44.2 Å². The molecule has 0 unspecified atom stereocenters. The van der Waals surface area contributed by atoms with E-state index < -0.39 is 0 Å². The maximum atomic E-state index is 6.38. The average molecular weight is 578 g/mol. The summed E-state index contributed by atoms with van der Waals surface area (Å²) in [6.07, 6.45) is 0. The van der Waals surface area contributed by atoms with Gasteiger partial charge in [0.2, 0.25) is 0 Å². The average Bonchev–Trinajstić information content (AvgIpc) is 3.55. The number of benzene rings is 7. The number of rotatable bonds is 4. The van der Waals surface area contributed by atoms with Crippen LogP contribution in [0.3, 0.4) is 0 Å². The molecule has 0 atom stereocenters. The summed E-state index contributed by atoms with van der Waals surface area (Å²) >= 11 is 0. The molecule has 1 heterocycles. The van der Waals surface area contributed by atoms with Crippen LogP contribution >= 0.6 is 0 Å². The van der Waals surface area contributed by atoms with Gasteiger partial charge in [-0.05, 0) is 98.8 Å². The van der Waals surface area contributed by atoms with Gasteiger partial charge in [-0.1, -0.05) is 111 Å². The van der Waals surface area contributed by atoms with Crippen molar-refractivity contribution in [3.8, 4) is 22.3 Å². The van der Waals surface area contributed by atoms with Crippen LogP contribution in [0.5, 0.6) is 0 Å². The zero-order chi connectivity index (χ0) is 30.1. The molecule has 9 rings (SSSR count). The van der Waals surface area contributed by atoms with Gasteiger partial charge in [0.1, 0.15) is 11.2 Å². The summed E-state index contributed by atoms with van der Waals surface area (Å²) < 4.78 is 6.38. The minimum absolute atomic E-state index is 0.0377. The largest absolute Gasteiger partial charge is 0.456 e. The summed E-state index contributed by atoms with van der Waals surface area (Å²) in [6.45, 7) is 4.66. The van der Waals surface area contributed by atoms with Crippen LogP contribution in [-0.4, -0.2) is 0 Å². The van der Waals surface area contributed by atoms with Gasteiger partial charge in [0.05, 0.1) is 0 Å². The molecule has 1 aliphatic carbocycles. The van der Waals surface area contributed by atoms with Crippen molar-refractivity contribution in [3.05, 3.63) is 163 Å². The van der Waals surface area contributed by atoms with Crippen molar-refractivity contribution in [1.29, 1.82) is 0 Å². The molecule has 0 bridgehead atoms. The Bertz CT molecular complexity index is 2400. The molecule has 0 aliphatic heterocycles. The minimum Gasteiger partial charge on any atom is -0.456 e. The second kappa shape index (κ2) is 9.70. The highest BCUT2D eigenvalue weighted by Crippen LogP contribution is 2.50. The van der Waals surface area contributed by atoms with Crippen LogP contribution in [-0.2, 0) is 5.41 Å². The monoisotopic (exact) mass is 577 g/mol. The standard InChI is InChI=1S/C43H31NO/c1-43(2)39-15-9-8-14-35(39)36-26-33(20-22-40(36)43)44(32-18-16-29(17-19-32)28-10-4-3-5-11-28)34-21-23-41-38(27-34)37-24-30-12-6-7-13-31(30)25-42(37)45-41/h3-27H,1-2H3.